The second kappa shape index (κ2) is 6.74. The van der Waals surface area contributed by atoms with Crippen LogP contribution in [0.2, 0.25) is 5.02 Å². The zero-order valence-electron chi connectivity index (χ0n) is 10.7. The van der Waals surface area contributed by atoms with Crippen LogP contribution in [0, 0.1) is 0 Å². The highest BCUT2D eigenvalue weighted by Crippen LogP contribution is 2.19. The van der Waals surface area contributed by atoms with Crippen molar-refractivity contribution in [1.29, 1.82) is 0 Å². The van der Waals surface area contributed by atoms with Gasteiger partial charge in [-0.1, -0.05) is 37.6 Å². The Balaban J connectivity index is 2.81. The first kappa shape index (κ1) is 15.7. The fourth-order valence-electron chi connectivity index (χ4n) is 1.39. The smallest absolute Gasteiger partial charge is 0.270 e. The summed E-state index contributed by atoms with van der Waals surface area (Å²) in [5.41, 5.74) is 2.42. The Morgan fingerprint density at radius 1 is 1.26 bits per heavy atom. The number of rotatable bonds is 5. The number of carbonyl (C=O) groups is 1. The number of halogens is 1. The van der Waals surface area contributed by atoms with Gasteiger partial charge in [-0.05, 0) is 12.1 Å². The molecule has 0 bridgehead atoms. The summed E-state index contributed by atoms with van der Waals surface area (Å²) >= 11 is 5.79. The summed E-state index contributed by atoms with van der Waals surface area (Å²) in [6.07, 6.45) is 0. The largest absolute Gasteiger partial charge is 0.343 e. The molecule has 1 aromatic rings. The van der Waals surface area contributed by atoms with E-state index in [0.29, 0.717) is 13.1 Å². The normalized spacial score (nSPS) is 11.4. The predicted molar refractivity (Wildman–Crippen MR) is 73.2 cm³/mol. The van der Waals surface area contributed by atoms with Gasteiger partial charge >= 0.3 is 6.03 Å². The molecule has 1 aromatic carbocycles. The van der Waals surface area contributed by atoms with E-state index in [0.717, 1.165) is 0 Å². The minimum Gasteiger partial charge on any atom is -0.270 e. The van der Waals surface area contributed by atoms with Crippen molar-refractivity contribution < 1.29 is 13.2 Å². The molecule has 0 saturated carbocycles. The van der Waals surface area contributed by atoms with Gasteiger partial charge in [0.05, 0.1) is 5.02 Å². The third-order valence-corrected chi connectivity index (χ3v) is 4.21. The van der Waals surface area contributed by atoms with Gasteiger partial charge in [-0.2, -0.15) is 0 Å². The molecule has 2 N–H and O–H groups in total. The molecule has 0 aliphatic heterocycles. The molecule has 0 atom stereocenters. The van der Waals surface area contributed by atoms with Crippen LogP contribution < -0.4 is 10.1 Å². The van der Waals surface area contributed by atoms with Crippen LogP contribution in [0.4, 0.5) is 4.79 Å². The van der Waals surface area contributed by atoms with Crippen molar-refractivity contribution in [1.82, 2.24) is 15.2 Å². The van der Waals surface area contributed by atoms with Crippen molar-refractivity contribution in [3.8, 4) is 0 Å². The number of hydrogen-bond donors (Lipinski definition) is 2. The van der Waals surface area contributed by atoms with Crippen LogP contribution >= 0.6 is 11.6 Å². The molecule has 0 saturated heterocycles. The van der Waals surface area contributed by atoms with Crippen molar-refractivity contribution in [3.63, 3.8) is 0 Å². The van der Waals surface area contributed by atoms with Gasteiger partial charge in [-0.25, -0.2) is 22.9 Å². The summed E-state index contributed by atoms with van der Waals surface area (Å²) in [5, 5.41) is 1.63. The number of nitrogens with one attached hydrogen (secondary N) is 2. The summed E-state index contributed by atoms with van der Waals surface area (Å²) in [5.74, 6) is 0. The molecule has 8 heteroatoms. The average Bonchev–Trinajstić information content (AvgIpc) is 2.35. The number of benzene rings is 1. The monoisotopic (exact) mass is 305 g/mol. The molecule has 1 rings (SSSR count). The predicted octanol–water partition coefficient (Wildman–Crippen LogP) is 1.58. The van der Waals surface area contributed by atoms with Crippen molar-refractivity contribution in [2.75, 3.05) is 13.1 Å². The lowest BCUT2D eigenvalue weighted by atomic mass is 10.4. The Labute approximate surface area is 117 Å². The van der Waals surface area contributed by atoms with E-state index in [2.05, 4.69) is 5.43 Å². The summed E-state index contributed by atoms with van der Waals surface area (Å²) in [4.78, 5) is 11.5. The van der Waals surface area contributed by atoms with Crippen molar-refractivity contribution in [2.45, 2.75) is 18.7 Å². The van der Waals surface area contributed by atoms with Crippen LogP contribution in [0.25, 0.3) is 0 Å². The van der Waals surface area contributed by atoms with Crippen LogP contribution in [0.15, 0.2) is 29.2 Å². The number of nitrogens with zero attached hydrogens (tertiary/aromatic N) is 1. The number of hydrazine groups is 1. The molecule has 0 unspecified atom stereocenters. The van der Waals surface area contributed by atoms with E-state index in [-0.39, 0.29) is 9.92 Å². The molecule has 0 fully saturated rings. The second-order valence-corrected chi connectivity index (χ2v) is 5.71. The van der Waals surface area contributed by atoms with E-state index in [1.807, 2.05) is 18.6 Å². The van der Waals surface area contributed by atoms with Gasteiger partial charge in [-0.15, -0.1) is 0 Å². The van der Waals surface area contributed by atoms with Crippen LogP contribution in [0.5, 0.6) is 0 Å². The third kappa shape index (κ3) is 4.38. The van der Waals surface area contributed by atoms with Gasteiger partial charge in [0, 0.05) is 13.1 Å². The highest BCUT2D eigenvalue weighted by molar-refractivity contribution is 7.90. The van der Waals surface area contributed by atoms with Crippen molar-refractivity contribution >= 4 is 27.7 Å². The van der Waals surface area contributed by atoms with E-state index in [1.54, 1.807) is 11.1 Å². The molecular weight excluding hydrogens is 290 g/mol. The SMILES string of the molecule is CCN(CC)NC(=O)NS(=O)(=O)c1ccccc1Cl. The molecule has 19 heavy (non-hydrogen) atoms. The maximum Gasteiger partial charge on any atom is 0.343 e. The molecule has 0 aromatic heterocycles. The first-order valence-corrected chi connectivity index (χ1v) is 7.59. The van der Waals surface area contributed by atoms with Crippen molar-refractivity contribution in [3.05, 3.63) is 29.3 Å². The van der Waals surface area contributed by atoms with Crippen LogP contribution in [0.1, 0.15) is 13.8 Å². The van der Waals surface area contributed by atoms with E-state index >= 15 is 0 Å². The number of sulfonamides is 1. The van der Waals surface area contributed by atoms with Gasteiger partial charge in [-0.3, -0.25) is 5.43 Å². The van der Waals surface area contributed by atoms with Gasteiger partial charge in [0.15, 0.2) is 0 Å². The molecule has 0 radical (unpaired) electrons. The Bertz CT molecular complexity index is 544. The van der Waals surface area contributed by atoms with Crippen LogP contribution in [-0.4, -0.2) is 32.5 Å². The van der Waals surface area contributed by atoms with Gasteiger partial charge in [0.25, 0.3) is 10.0 Å². The fourth-order valence-corrected chi connectivity index (χ4v) is 2.81. The molecule has 0 aliphatic carbocycles. The highest BCUT2D eigenvalue weighted by Gasteiger charge is 2.20. The van der Waals surface area contributed by atoms with Gasteiger partial charge in [0.2, 0.25) is 0 Å². The topological polar surface area (TPSA) is 78.5 Å². The quantitative estimate of drug-likeness (QED) is 0.810. The highest BCUT2D eigenvalue weighted by atomic mass is 35.5. The summed E-state index contributed by atoms with van der Waals surface area (Å²) in [7, 11) is -3.97. The zero-order valence-corrected chi connectivity index (χ0v) is 12.3. The Morgan fingerprint density at radius 3 is 2.37 bits per heavy atom. The Hall–Kier alpha value is -1.31. The summed E-state index contributed by atoms with van der Waals surface area (Å²) in [6.45, 7) is 4.81. The van der Waals surface area contributed by atoms with E-state index in [4.69, 9.17) is 11.6 Å². The number of hydrogen-bond acceptors (Lipinski definition) is 4. The molecule has 0 spiro atoms. The van der Waals surface area contributed by atoms with Gasteiger partial charge in [0.1, 0.15) is 4.90 Å². The molecule has 6 nitrogen and oxygen atoms in total. The minimum atomic E-state index is -3.97. The maximum atomic E-state index is 11.9. The minimum absolute atomic E-state index is 0.0608. The summed E-state index contributed by atoms with van der Waals surface area (Å²) < 4.78 is 25.8. The molecule has 2 amide bonds. The van der Waals surface area contributed by atoms with Gasteiger partial charge < -0.3 is 0 Å². The molecular formula is C11H16ClN3O3S. The fraction of sp³-hybridized carbons (Fsp3) is 0.364. The first-order valence-electron chi connectivity index (χ1n) is 5.73. The lowest BCUT2D eigenvalue weighted by Gasteiger charge is -2.19. The Kier molecular flexibility index (Phi) is 5.59. The number of amides is 2. The van der Waals surface area contributed by atoms with E-state index in [9.17, 15) is 13.2 Å². The van der Waals surface area contributed by atoms with E-state index in [1.165, 1.54) is 18.2 Å². The lowest BCUT2D eigenvalue weighted by molar-refractivity contribution is 0.191. The van der Waals surface area contributed by atoms with Crippen molar-refractivity contribution in [2.24, 2.45) is 0 Å². The number of urea groups is 1. The lowest BCUT2D eigenvalue weighted by Crippen LogP contribution is -2.48. The number of carbonyl (C=O) groups excluding carboxylic acids is 1. The maximum absolute atomic E-state index is 11.9. The average molecular weight is 306 g/mol. The Morgan fingerprint density at radius 2 is 1.84 bits per heavy atom. The third-order valence-electron chi connectivity index (χ3n) is 2.38. The van der Waals surface area contributed by atoms with E-state index < -0.39 is 16.1 Å². The zero-order chi connectivity index (χ0) is 14.5. The second-order valence-electron chi connectivity index (χ2n) is 3.65. The molecule has 0 heterocycles. The van der Waals surface area contributed by atoms with Crippen LogP contribution in [-0.2, 0) is 10.0 Å². The van der Waals surface area contributed by atoms with Crippen LogP contribution in [0.3, 0.4) is 0 Å². The molecule has 106 valence electrons. The standard InChI is InChI=1S/C11H16ClN3O3S/c1-3-15(4-2)13-11(16)14-19(17,18)10-8-6-5-7-9(10)12/h5-8H,3-4H2,1-2H3,(H2,13,14,16). The summed E-state index contributed by atoms with van der Waals surface area (Å²) in [6, 6.07) is 5.09. The first-order chi connectivity index (χ1) is 8.90. The molecule has 0 aliphatic rings.